The number of likely N-dealkylation sites (tertiary alicyclic amines) is 2. The second-order valence-corrected chi connectivity index (χ2v) is 12.2. The van der Waals surface area contributed by atoms with Crippen LogP contribution in [0.2, 0.25) is 0 Å². The van der Waals surface area contributed by atoms with Gasteiger partial charge in [0.05, 0.1) is 16.2 Å². The summed E-state index contributed by atoms with van der Waals surface area (Å²) in [6.45, 7) is 6.15. The molecule has 2 aliphatic rings. The molecule has 0 bridgehead atoms. The summed E-state index contributed by atoms with van der Waals surface area (Å²) >= 11 is 0. The van der Waals surface area contributed by atoms with Crippen LogP contribution in [0.5, 0.6) is 0 Å². The predicted octanol–water partition coefficient (Wildman–Crippen LogP) is 4.34. The lowest BCUT2D eigenvalue weighted by Gasteiger charge is -2.34. The summed E-state index contributed by atoms with van der Waals surface area (Å²) in [6.07, 6.45) is 0.694. The molecule has 4 rings (SSSR count). The molecule has 2 aromatic rings. The van der Waals surface area contributed by atoms with Crippen LogP contribution < -0.4 is 0 Å². The monoisotopic (exact) mass is 502 g/mol. The van der Waals surface area contributed by atoms with Crippen molar-refractivity contribution in [2.24, 2.45) is 0 Å². The zero-order chi connectivity index (χ0) is 25.4. The van der Waals surface area contributed by atoms with Gasteiger partial charge in [-0.3, -0.25) is 9.69 Å². The number of hydrogen-bond donors (Lipinski definition) is 0. The summed E-state index contributed by atoms with van der Waals surface area (Å²) in [7, 11) is -4.04. The SMILES string of the molecule is CC(C)(C)OC(=O)N1C(C(=O)N2CCCC2)CC(S(=O)(=O)c2ccccc2)C1c1ccccc1F. The Labute approximate surface area is 205 Å². The number of amides is 2. The van der Waals surface area contributed by atoms with Crippen molar-refractivity contribution in [2.75, 3.05) is 13.1 Å². The van der Waals surface area contributed by atoms with Crippen molar-refractivity contribution in [3.63, 3.8) is 0 Å². The van der Waals surface area contributed by atoms with Crippen LogP contribution in [0.4, 0.5) is 9.18 Å². The number of carbonyl (C=O) groups excluding carboxylic acids is 2. The Morgan fingerprint density at radius 3 is 2.17 bits per heavy atom. The fraction of sp³-hybridized carbons (Fsp3) is 0.462. The average Bonchev–Trinajstić information content (AvgIpc) is 3.47. The van der Waals surface area contributed by atoms with E-state index in [-0.39, 0.29) is 22.8 Å². The number of rotatable bonds is 4. The second-order valence-electron chi connectivity index (χ2n) is 10.0. The summed E-state index contributed by atoms with van der Waals surface area (Å²) in [4.78, 5) is 30.0. The summed E-state index contributed by atoms with van der Waals surface area (Å²) < 4.78 is 48.5. The molecule has 188 valence electrons. The van der Waals surface area contributed by atoms with E-state index in [2.05, 4.69) is 0 Å². The molecule has 0 N–H and O–H groups in total. The van der Waals surface area contributed by atoms with Gasteiger partial charge >= 0.3 is 6.09 Å². The van der Waals surface area contributed by atoms with Gasteiger partial charge in [0.2, 0.25) is 5.91 Å². The third kappa shape index (κ3) is 5.05. The molecular formula is C26H31FN2O5S. The lowest BCUT2D eigenvalue weighted by atomic mass is 10.0. The van der Waals surface area contributed by atoms with Crippen LogP contribution >= 0.6 is 0 Å². The first-order valence-corrected chi connectivity index (χ1v) is 13.4. The molecule has 2 aromatic carbocycles. The van der Waals surface area contributed by atoms with Gasteiger partial charge in [0.25, 0.3) is 0 Å². The fourth-order valence-electron chi connectivity index (χ4n) is 4.91. The van der Waals surface area contributed by atoms with Crippen molar-refractivity contribution in [3.8, 4) is 0 Å². The molecule has 3 unspecified atom stereocenters. The maximum Gasteiger partial charge on any atom is 0.411 e. The highest BCUT2D eigenvalue weighted by Crippen LogP contribution is 2.44. The maximum atomic E-state index is 15.1. The molecule has 0 aromatic heterocycles. The third-order valence-electron chi connectivity index (χ3n) is 6.44. The summed E-state index contributed by atoms with van der Waals surface area (Å²) in [5, 5.41) is -1.23. The van der Waals surface area contributed by atoms with Gasteiger partial charge in [0.1, 0.15) is 17.5 Å². The number of sulfone groups is 1. The van der Waals surface area contributed by atoms with Crippen LogP contribution in [0.15, 0.2) is 59.5 Å². The van der Waals surface area contributed by atoms with Crippen molar-refractivity contribution < 1.29 is 27.1 Å². The fourth-order valence-corrected chi connectivity index (χ4v) is 6.84. The Bertz CT molecular complexity index is 1190. The molecule has 35 heavy (non-hydrogen) atoms. The van der Waals surface area contributed by atoms with Gasteiger partial charge < -0.3 is 9.64 Å². The van der Waals surface area contributed by atoms with E-state index in [1.54, 1.807) is 49.9 Å². The Morgan fingerprint density at radius 2 is 1.57 bits per heavy atom. The highest BCUT2D eigenvalue weighted by atomic mass is 32.2. The normalized spacial score (nSPS) is 22.9. The first kappa shape index (κ1) is 25.2. The first-order chi connectivity index (χ1) is 16.5. The molecule has 2 aliphatic heterocycles. The Morgan fingerprint density at radius 1 is 0.971 bits per heavy atom. The number of ether oxygens (including phenoxy) is 1. The minimum Gasteiger partial charge on any atom is -0.444 e. The number of carbonyl (C=O) groups is 2. The van der Waals surface area contributed by atoms with Crippen molar-refractivity contribution in [3.05, 3.63) is 66.0 Å². The number of halogens is 1. The zero-order valence-corrected chi connectivity index (χ0v) is 21.0. The van der Waals surface area contributed by atoms with E-state index in [4.69, 9.17) is 4.74 Å². The van der Waals surface area contributed by atoms with Crippen LogP contribution in [-0.4, -0.2) is 60.2 Å². The minimum atomic E-state index is -4.04. The van der Waals surface area contributed by atoms with Gasteiger partial charge in [-0.05, 0) is 58.2 Å². The molecule has 2 heterocycles. The van der Waals surface area contributed by atoms with Crippen LogP contribution in [0, 0.1) is 5.82 Å². The number of hydrogen-bond acceptors (Lipinski definition) is 5. The molecule has 0 saturated carbocycles. The number of nitrogens with zero attached hydrogens (tertiary/aromatic N) is 2. The Hall–Kier alpha value is -2.94. The molecule has 0 aliphatic carbocycles. The van der Waals surface area contributed by atoms with E-state index in [9.17, 15) is 18.0 Å². The molecule has 3 atom stereocenters. The summed E-state index contributed by atoms with van der Waals surface area (Å²) in [6, 6.07) is 11.3. The highest BCUT2D eigenvalue weighted by Gasteiger charge is 2.55. The molecular weight excluding hydrogens is 471 g/mol. The largest absolute Gasteiger partial charge is 0.444 e. The maximum absolute atomic E-state index is 15.1. The predicted molar refractivity (Wildman–Crippen MR) is 129 cm³/mol. The average molecular weight is 503 g/mol. The smallest absolute Gasteiger partial charge is 0.411 e. The first-order valence-electron chi connectivity index (χ1n) is 11.8. The molecule has 9 heteroatoms. The zero-order valence-electron chi connectivity index (χ0n) is 20.2. The minimum absolute atomic E-state index is 0.0413. The van der Waals surface area contributed by atoms with E-state index in [1.807, 2.05) is 0 Å². The lowest BCUT2D eigenvalue weighted by molar-refractivity contribution is -0.135. The highest BCUT2D eigenvalue weighted by molar-refractivity contribution is 7.92. The van der Waals surface area contributed by atoms with E-state index < -0.39 is 44.7 Å². The van der Waals surface area contributed by atoms with E-state index in [0.717, 1.165) is 17.7 Å². The van der Waals surface area contributed by atoms with Crippen LogP contribution in [-0.2, 0) is 19.4 Å². The summed E-state index contributed by atoms with van der Waals surface area (Å²) in [5.41, 5.74) is -0.853. The topological polar surface area (TPSA) is 84.0 Å². The Balaban J connectivity index is 1.87. The van der Waals surface area contributed by atoms with Gasteiger partial charge in [-0.2, -0.15) is 0 Å². The molecule has 2 fully saturated rings. The van der Waals surface area contributed by atoms with E-state index in [1.165, 1.54) is 30.3 Å². The number of benzene rings is 2. The third-order valence-corrected chi connectivity index (χ3v) is 8.62. The quantitative estimate of drug-likeness (QED) is 0.621. The van der Waals surface area contributed by atoms with Crippen LogP contribution in [0.1, 0.15) is 51.6 Å². The molecule has 0 spiro atoms. The van der Waals surface area contributed by atoms with Gasteiger partial charge in [0.15, 0.2) is 9.84 Å². The molecule has 0 radical (unpaired) electrons. The van der Waals surface area contributed by atoms with Gasteiger partial charge in [0, 0.05) is 18.7 Å². The summed E-state index contributed by atoms with van der Waals surface area (Å²) in [5.74, 6) is -0.978. The van der Waals surface area contributed by atoms with Gasteiger partial charge in [-0.25, -0.2) is 17.6 Å². The molecule has 7 nitrogen and oxygen atoms in total. The van der Waals surface area contributed by atoms with Crippen molar-refractivity contribution in [1.82, 2.24) is 9.80 Å². The van der Waals surface area contributed by atoms with Crippen molar-refractivity contribution in [2.45, 2.75) is 67.9 Å². The van der Waals surface area contributed by atoms with Crippen molar-refractivity contribution in [1.29, 1.82) is 0 Å². The Kier molecular flexibility index (Phi) is 6.90. The molecule has 2 saturated heterocycles. The van der Waals surface area contributed by atoms with E-state index >= 15 is 4.39 Å². The molecule has 2 amide bonds. The van der Waals surface area contributed by atoms with E-state index in [0.29, 0.717) is 13.1 Å². The lowest BCUT2D eigenvalue weighted by Crippen LogP contribution is -2.49. The van der Waals surface area contributed by atoms with Crippen LogP contribution in [0.3, 0.4) is 0 Å². The van der Waals surface area contributed by atoms with Crippen molar-refractivity contribution >= 4 is 21.8 Å². The van der Waals surface area contributed by atoms with Gasteiger partial charge in [-0.1, -0.05) is 36.4 Å². The van der Waals surface area contributed by atoms with Crippen LogP contribution in [0.25, 0.3) is 0 Å². The standard InChI is InChI=1S/C26H31FN2O5S/c1-26(2,3)34-25(31)29-21(24(30)28-15-9-10-16-28)17-22(23(29)19-13-7-8-14-20(19)27)35(32,33)18-11-5-4-6-12-18/h4-8,11-14,21-23H,9-10,15-17H2,1-3H3. The second kappa shape index (κ2) is 9.60. The van der Waals surface area contributed by atoms with Gasteiger partial charge in [-0.15, -0.1) is 0 Å².